The Morgan fingerprint density at radius 3 is 2.39 bits per heavy atom. The largest absolute Gasteiger partial charge is 0.496 e. The van der Waals surface area contributed by atoms with E-state index in [0.29, 0.717) is 6.54 Å². The minimum atomic E-state index is 0.708. The SMILES string of the molecule is COc1c(C)c(C)cc(C)c1CCN(C)CCN. The van der Waals surface area contributed by atoms with Crippen molar-refractivity contribution in [2.75, 3.05) is 33.8 Å². The predicted octanol–water partition coefficient (Wildman–Crippen LogP) is 2.05. The highest BCUT2D eigenvalue weighted by molar-refractivity contribution is 5.49. The molecule has 0 radical (unpaired) electrons. The van der Waals surface area contributed by atoms with Crippen LogP contribution in [-0.4, -0.2) is 38.7 Å². The average molecular weight is 250 g/mol. The van der Waals surface area contributed by atoms with Gasteiger partial charge in [0.05, 0.1) is 7.11 Å². The van der Waals surface area contributed by atoms with Gasteiger partial charge in [0.25, 0.3) is 0 Å². The summed E-state index contributed by atoms with van der Waals surface area (Å²) in [6.07, 6.45) is 1.01. The Kier molecular flexibility index (Phi) is 5.63. The smallest absolute Gasteiger partial charge is 0.125 e. The highest BCUT2D eigenvalue weighted by Crippen LogP contribution is 2.29. The van der Waals surface area contributed by atoms with Gasteiger partial charge in [-0.15, -0.1) is 0 Å². The molecule has 0 aliphatic carbocycles. The van der Waals surface area contributed by atoms with Crippen LogP contribution in [0.2, 0.25) is 0 Å². The van der Waals surface area contributed by atoms with Crippen LogP contribution in [0.25, 0.3) is 0 Å². The third-order valence-electron chi connectivity index (χ3n) is 3.57. The molecule has 0 bridgehead atoms. The zero-order chi connectivity index (χ0) is 13.7. The van der Waals surface area contributed by atoms with Gasteiger partial charge < -0.3 is 15.4 Å². The van der Waals surface area contributed by atoms with Crippen molar-refractivity contribution < 1.29 is 4.74 Å². The number of benzene rings is 1. The molecule has 0 aliphatic rings. The molecule has 0 aromatic heterocycles. The Morgan fingerprint density at radius 1 is 1.17 bits per heavy atom. The molecular weight excluding hydrogens is 224 g/mol. The number of hydrogen-bond donors (Lipinski definition) is 1. The van der Waals surface area contributed by atoms with Gasteiger partial charge in [-0.2, -0.15) is 0 Å². The van der Waals surface area contributed by atoms with E-state index in [9.17, 15) is 0 Å². The first-order chi connectivity index (χ1) is 8.51. The molecule has 0 fully saturated rings. The second-order valence-corrected chi connectivity index (χ2v) is 4.99. The summed E-state index contributed by atoms with van der Waals surface area (Å²) in [5.41, 5.74) is 10.7. The van der Waals surface area contributed by atoms with Gasteiger partial charge in [-0.3, -0.25) is 0 Å². The zero-order valence-electron chi connectivity index (χ0n) is 12.3. The summed E-state index contributed by atoms with van der Waals surface area (Å²) in [6.45, 7) is 9.08. The summed E-state index contributed by atoms with van der Waals surface area (Å²) in [4.78, 5) is 2.26. The normalized spacial score (nSPS) is 11.1. The van der Waals surface area contributed by atoms with E-state index in [1.165, 1.54) is 22.3 Å². The lowest BCUT2D eigenvalue weighted by Crippen LogP contribution is -2.27. The van der Waals surface area contributed by atoms with E-state index >= 15 is 0 Å². The van der Waals surface area contributed by atoms with E-state index in [1.54, 1.807) is 7.11 Å². The minimum Gasteiger partial charge on any atom is -0.496 e. The molecule has 0 amide bonds. The van der Waals surface area contributed by atoms with Crippen LogP contribution in [0.3, 0.4) is 0 Å². The number of methoxy groups -OCH3 is 1. The first-order valence-electron chi connectivity index (χ1n) is 6.53. The van der Waals surface area contributed by atoms with Gasteiger partial charge in [0, 0.05) is 19.6 Å². The van der Waals surface area contributed by atoms with Crippen molar-refractivity contribution in [1.82, 2.24) is 4.90 Å². The molecule has 0 heterocycles. The summed E-state index contributed by atoms with van der Waals surface area (Å²) in [7, 11) is 3.87. The van der Waals surface area contributed by atoms with E-state index in [1.807, 2.05) is 0 Å². The van der Waals surface area contributed by atoms with E-state index in [2.05, 4.69) is 38.8 Å². The Hall–Kier alpha value is -1.06. The van der Waals surface area contributed by atoms with Crippen LogP contribution in [0.15, 0.2) is 6.07 Å². The van der Waals surface area contributed by atoms with E-state index in [-0.39, 0.29) is 0 Å². The second-order valence-electron chi connectivity index (χ2n) is 4.99. The molecule has 1 rings (SSSR count). The Balaban J connectivity index is 2.91. The fraction of sp³-hybridized carbons (Fsp3) is 0.600. The monoisotopic (exact) mass is 250 g/mol. The van der Waals surface area contributed by atoms with Crippen molar-refractivity contribution in [3.63, 3.8) is 0 Å². The van der Waals surface area contributed by atoms with Crippen molar-refractivity contribution in [2.45, 2.75) is 27.2 Å². The van der Waals surface area contributed by atoms with Crippen molar-refractivity contribution in [2.24, 2.45) is 5.73 Å². The van der Waals surface area contributed by atoms with Crippen LogP contribution in [0.1, 0.15) is 22.3 Å². The van der Waals surface area contributed by atoms with E-state index < -0.39 is 0 Å². The zero-order valence-corrected chi connectivity index (χ0v) is 12.3. The Morgan fingerprint density at radius 2 is 1.83 bits per heavy atom. The number of nitrogens with zero attached hydrogens (tertiary/aromatic N) is 1. The van der Waals surface area contributed by atoms with Crippen molar-refractivity contribution in [3.05, 3.63) is 28.3 Å². The van der Waals surface area contributed by atoms with Gasteiger partial charge in [-0.05, 0) is 56.5 Å². The van der Waals surface area contributed by atoms with Gasteiger partial charge in [-0.25, -0.2) is 0 Å². The number of likely N-dealkylation sites (N-methyl/N-ethyl adjacent to an activating group) is 1. The van der Waals surface area contributed by atoms with E-state index in [0.717, 1.165) is 25.3 Å². The number of hydrogen-bond acceptors (Lipinski definition) is 3. The van der Waals surface area contributed by atoms with Gasteiger partial charge in [-0.1, -0.05) is 6.07 Å². The number of aryl methyl sites for hydroxylation is 2. The Labute approximate surface area is 111 Å². The second kappa shape index (κ2) is 6.76. The lowest BCUT2D eigenvalue weighted by molar-refractivity contribution is 0.343. The van der Waals surface area contributed by atoms with Gasteiger partial charge in [0.15, 0.2) is 0 Å². The molecule has 1 aromatic carbocycles. The molecule has 102 valence electrons. The van der Waals surface area contributed by atoms with Crippen LogP contribution in [0.4, 0.5) is 0 Å². The number of ether oxygens (including phenoxy) is 1. The van der Waals surface area contributed by atoms with Crippen molar-refractivity contribution in [1.29, 1.82) is 0 Å². The maximum absolute atomic E-state index is 5.59. The third kappa shape index (κ3) is 3.47. The van der Waals surface area contributed by atoms with E-state index in [4.69, 9.17) is 10.5 Å². The molecule has 0 aliphatic heterocycles. The van der Waals surface area contributed by atoms with Crippen LogP contribution in [0, 0.1) is 20.8 Å². The fourth-order valence-electron chi connectivity index (χ4n) is 2.33. The highest BCUT2D eigenvalue weighted by atomic mass is 16.5. The molecule has 0 unspecified atom stereocenters. The Bertz CT molecular complexity index is 402. The molecule has 0 saturated heterocycles. The summed E-state index contributed by atoms with van der Waals surface area (Å²) in [5, 5.41) is 0. The topological polar surface area (TPSA) is 38.5 Å². The molecule has 3 heteroatoms. The molecule has 0 saturated carbocycles. The lowest BCUT2D eigenvalue weighted by Gasteiger charge is -2.20. The number of rotatable bonds is 6. The molecular formula is C15H26N2O. The van der Waals surface area contributed by atoms with Crippen LogP contribution < -0.4 is 10.5 Å². The molecule has 0 atom stereocenters. The molecule has 1 aromatic rings. The minimum absolute atomic E-state index is 0.708. The molecule has 18 heavy (non-hydrogen) atoms. The van der Waals surface area contributed by atoms with Crippen molar-refractivity contribution in [3.8, 4) is 5.75 Å². The molecule has 0 spiro atoms. The quantitative estimate of drug-likeness (QED) is 0.840. The lowest BCUT2D eigenvalue weighted by atomic mass is 9.97. The first kappa shape index (κ1) is 15.0. The highest BCUT2D eigenvalue weighted by Gasteiger charge is 2.12. The van der Waals surface area contributed by atoms with Gasteiger partial charge in [0.1, 0.15) is 5.75 Å². The summed E-state index contributed by atoms with van der Waals surface area (Å²) < 4.78 is 5.59. The van der Waals surface area contributed by atoms with Crippen LogP contribution in [-0.2, 0) is 6.42 Å². The van der Waals surface area contributed by atoms with Gasteiger partial charge in [0.2, 0.25) is 0 Å². The standard InChI is InChI=1S/C15H26N2O/c1-11-10-12(2)14(15(18-5)13(11)3)6-8-17(4)9-7-16/h10H,6-9,16H2,1-5H3. The van der Waals surface area contributed by atoms with Crippen LogP contribution >= 0.6 is 0 Å². The predicted molar refractivity (Wildman–Crippen MR) is 77.5 cm³/mol. The maximum Gasteiger partial charge on any atom is 0.125 e. The molecule has 2 N–H and O–H groups in total. The third-order valence-corrected chi connectivity index (χ3v) is 3.57. The summed E-state index contributed by atoms with van der Waals surface area (Å²) in [5.74, 6) is 1.05. The number of nitrogens with two attached hydrogens (primary N) is 1. The summed E-state index contributed by atoms with van der Waals surface area (Å²) >= 11 is 0. The summed E-state index contributed by atoms with van der Waals surface area (Å²) in [6, 6.07) is 2.25. The fourth-order valence-corrected chi connectivity index (χ4v) is 2.33. The van der Waals surface area contributed by atoms with Crippen LogP contribution in [0.5, 0.6) is 5.75 Å². The maximum atomic E-state index is 5.59. The van der Waals surface area contributed by atoms with Gasteiger partial charge >= 0.3 is 0 Å². The first-order valence-corrected chi connectivity index (χ1v) is 6.53. The average Bonchev–Trinajstić information content (AvgIpc) is 2.32. The molecule has 3 nitrogen and oxygen atoms in total. The van der Waals surface area contributed by atoms with Crippen molar-refractivity contribution >= 4 is 0 Å².